The van der Waals surface area contributed by atoms with Crippen LogP contribution in [-0.2, 0) is 6.54 Å². The minimum Gasteiger partial charge on any atom is -0.376 e. The summed E-state index contributed by atoms with van der Waals surface area (Å²) in [7, 11) is 0. The fraction of sp³-hybridized carbons (Fsp3) is 0.250. The van der Waals surface area contributed by atoms with E-state index >= 15 is 0 Å². The summed E-state index contributed by atoms with van der Waals surface area (Å²) >= 11 is 3.03. The lowest BCUT2D eigenvalue weighted by Crippen LogP contribution is -2.05. The average Bonchev–Trinajstić information content (AvgIpc) is 2.58. The third kappa shape index (κ3) is 2.53. The molecule has 0 spiro atoms. The molecule has 18 heavy (non-hydrogen) atoms. The fourth-order valence-corrected chi connectivity index (χ4v) is 2.04. The smallest absolute Gasteiger partial charge is 0.150 e. The fourth-order valence-electron chi connectivity index (χ4n) is 1.64. The molecule has 0 unspecified atom stereocenters. The maximum Gasteiger partial charge on any atom is 0.150 e. The Morgan fingerprint density at radius 2 is 1.89 bits per heavy atom. The van der Waals surface area contributed by atoms with E-state index in [1.807, 2.05) is 0 Å². The summed E-state index contributed by atoms with van der Waals surface area (Å²) in [6, 6.07) is 2.41. The summed E-state index contributed by atoms with van der Waals surface area (Å²) < 4.78 is 32.5. The molecule has 1 aromatic heterocycles. The summed E-state index contributed by atoms with van der Waals surface area (Å²) in [5.74, 6) is -0.653. The highest BCUT2D eigenvalue weighted by Gasteiger charge is 2.13. The van der Waals surface area contributed by atoms with E-state index in [1.165, 1.54) is 12.1 Å². The molecule has 1 aromatic carbocycles. The van der Waals surface area contributed by atoms with Gasteiger partial charge < -0.3 is 9.84 Å². The molecule has 0 radical (unpaired) electrons. The van der Waals surface area contributed by atoms with Gasteiger partial charge in [0.15, 0.2) is 0 Å². The highest BCUT2D eigenvalue weighted by Crippen LogP contribution is 2.25. The predicted octanol–water partition coefficient (Wildman–Crippen LogP) is 3.94. The Kier molecular flexibility index (Phi) is 3.65. The van der Waals surface area contributed by atoms with Crippen molar-refractivity contribution >= 4 is 21.6 Å². The van der Waals surface area contributed by atoms with Crippen LogP contribution in [0.3, 0.4) is 0 Å². The molecule has 3 nitrogen and oxygen atoms in total. The van der Waals surface area contributed by atoms with Gasteiger partial charge in [-0.1, -0.05) is 21.1 Å². The van der Waals surface area contributed by atoms with Crippen LogP contribution in [-0.4, -0.2) is 5.16 Å². The van der Waals surface area contributed by atoms with Crippen LogP contribution in [0.5, 0.6) is 0 Å². The van der Waals surface area contributed by atoms with Crippen molar-refractivity contribution in [3.05, 3.63) is 45.3 Å². The molecular weight excluding hydrogens is 306 g/mol. The Morgan fingerprint density at radius 1 is 1.28 bits per heavy atom. The van der Waals surface area contributed by atoms with Crippen LogP contribution in [0.25, 0.3) is 0 Å². The van der Waals surface area contributed by atoms with E-state index in [-0.39, 0.29) is 12.2 Å². The first-order chi connectivity index (χ1) is 8.49. The van der Waals surface area contributed by atoms with E-state index in [2.05, 4.69) is 26.4 Å². The number of rotatable bonds is 3. The number of hydrogen-bond acceptors (Lipinski definition) is 3. The molecule has 0 aliphatic heterocycles. The SMILES string of the molecule is Cc1noc(C)c1CNc1c(F)cc(Br)cc1F. The lowest BCUT2D eigenvalue weighted by atomic mass is 10.2. The number of anilines is 1. The van der Waals surface area contributed by atoms with Gasteiger partial charge in [-0.05, 0) is 26.0 Å². The summed E-state index contributed by atoms with van der Waals surface area (Å²) in [6.45, 7) is 3.80. The van der Waals surface area contributed by atoms with Crippen LogP contribution in [0, 0.1) is 25.5 Å². The van der Waals surface area contributed by atoms with Crippen molar-refractivity contribution in [2.24, 2.45) is 0 Å². The number of halogens is 3. The van der Waals surface area contributed by atoms with Crippen molar-refractivity contribution in [2.75, 3.05) is 5.32 Å². The molecule has 0 aliphatic carbocycles. The monoisotopic (exact) mass is 316 g/mol. The van der Waals surface area contributed by atoms with Crippen molar-refractivity contribution in [2.45, 2.75) is 20.4 Å². The van der Waals surface area contributed by atoms with Gasteiger partial charge in [0.05, 0.1) is 5.69 Å². The Labute approximate surface area is 111 Å². The molecule has 0 amide bonds. The Morgan fingerprint density at radius 3 is 2.39 bits per heavy atom. The first-order valence-electron chi connectivity index (χ1n) is 5.29. The first kappa shape index (κ1) is 13.0. The molecule has 2 aromatic rings. The van der Waals surface area contributed by atoms with E-state index in [4.69, 9.17) is 4.52 Å². The molecule has 1 heterocycles. The number of hydrogen-bond donors (Lipinski definition) is 1. The first-order valence-corrected chi connectivity index (χ1v) is 6.08. The molecule has 6 heteroatoms. The zero-order valence-electron chi connectivity index (χ0n) is 9.85. The van der Waals surface area contributed by atoms with Crippen molar-refractivity contribution in [3.63, 3.8) is 0 Å². The van der Waals surface area contributed by atoms with Crippen LogP contribution >= 0.6 is 15.9 Å². The van der Waals surface area contributed by atoms with Crippen LogP contribution in [0.1, 0.15) is 17.0 Å². The van der Waals surface area contributed by atoms with Gasteiger partial charge in [0, 0.05) is 16.6 Å². The van der Waals surface area contributed by atoms with Crippen LogP contribution in [0.15, 0.2) is 21.1 Å². The minimum atomic E-state index is -0.645. The number of aromatic nitrogens is 1. The van der Waals surface area contributed by atoms with E-state index in [9.17, 15) is 8.78 Å². The molecule has 0 bridgehead atoms. The molecule has 0 atom stereocenters. The van der Waals surface area contributed by atoms with Gasteiger partial charge in [-0.15, -0.1) is 0 Å². The van der Waals surface area contributed by atoms with Crippen molar-refractivity contribution in [1.29, 1.82) is 0 Å². The van der Waals surface area contributed by atoms with Crippen LogP contribution < -0.4 is 5.32 Å². The molecular formula is C12H11BrF2N2O. The van der Waals surface area contributed by atoms with Crippen LogP contribution in [0.2, 0.25) is 0 Å². The zero-order chi connectivity index (χ0) is 13.3. The molecule has 0 saturated heterocycles. The topological polar surface area (TPSA) is 38.1 Å². The zero-order valence-corrected chi connectivity index (χ0v) is 11.4. The van der Waals surface area contributed by atoms with E-state index in [1.54, 1.807) is 13.8 Å². The quantitative estimate of drug-likeness (QED) is 0.932. The maximum atomic E-state index is 13.6. The largest absolute Gasteiger partial charge is 0.376 e. The van der Waals surface area contributed by atoms with Crippen molar-refractivity contribution < 1.29 is 13.3 Å². The maximum absolute atomic E-state index is 13.6. The molecule has 0 aliphatic rings. The van der Waals surface area contributed by atoms with E-state index < -0.39 is 11.6 Å². The van der Waals surface area contributed by atoms with Gasteiger partial charge in [0.25, 0.3) is 0 Å². The molecule has 2 rings (SSSR count). The summed E-state index contributed by atoms with van der Waals surface area (Å²) in [5, 5.41) is 6.50. The average molecular weight is 317 g/mol. The Bertz CT molecular complexity index is 541. The summed E-state index contributed by atoms with van der Waals surface area (Å²) in [5.41, 5.74) is 1.35. The second-order valence-corrected chi connectivity index (χ2v) is 4.82. The second-order valence-electron chi connectivity index (χ2n) is 3.90. The predicted molar refractivity (Wildman–Crippen MR) is 67.4 cm³/mol. The Hall–Kier alpha value is -1.43. The third-order valence-electron chi connectivity index (χ3n) is 2.63. The van der Waals surface area contributed by atoms with Gasteiger partial charge in [-0.2, -0.15) is 0 Å². The number of benzene rings is 1. The number of nitrogens with one attached hydrogen (secondary N) is 1. The van der Waals surface area contributed by atoms with E-state index in [0.29, 0.717) is 15.9 Å². The minimum absolute atomic E-state index is 0.154. The summed E-state index contributed by atoms with van der Waals surface area (Å²) in [6.07, 6.45) is 0. The lowest BCUT2D eigenvalue weighted by molar-refractivity contribution is 0.392. The van der Waals surface area contributed by atoms with Gasteiger partial charge in [0.1, 0.15) is 23.1 Å². The molecule has 0 fully saturated rings. The normalized spacial score (nSPS) is 10.7. The molecule has 1 N–H and O–H groups in total. The molecule has 96 valence electrons. The highest BCUT2D eigenvalue weighted by atomic mass is 79.9. The number of aryl methyl sites for hydroxylation is 2. The van der Waals surface area contributed by atoms with Crippen molar-refractivity contribution in [1.82, 2.24) is 5.16 Å². The van der Waals surface area contributed by atoms with Crippen molar-refractivity contribution in [3.8, 4) is 0 Å². The highest BCUT2D eigenvalue weighted by molar-refractivity contribution is 9.10. The van der Waals surface area contributed by atoms with E-state index in [0.717, 1.165) is 5.56 Å². The Balaban J connectivity index is 2.21. The standard InChI is InChI=1S/C12H11BrF2N2O/c1-6-9(7(2)18-17-6)5-16-12-10(14)3-8(13)4-11(12)15/h3-4,16H,5H2,1-2H3. The summed E-state index contributed by atoms with van der Waals surface area (Å²) in [4.78, 5) is 0. The molecule has 0 saturated carbocycles. The van der Waals surface area contributed by atoms with Gasteiger partial charge in [-0.25, -0.2) is 8.78 Å². The van der Waals surface area contributed by atoms with Gasteiger partial charge >= 0.3 is 0 Å². The third-order valence-corrected chi connectivity index (χ3v) is 3.09. The lowest BCUT2D eigenvalue weighted by Gasteiger charge is -2.09. The number of nitrogens with zero attached hydrogens (tertiary/aromatic N) is 1. The van der Waals surface area contributed by atoms with Gasteiger partial charge in [-0.3, -0.25) is 0 Å². The van der Waals surface area contributed by atoms with Crippen LogP contribution in [0.4, 0.5) is 14.5 Å². The van der Waals surface area contributed by atoms with Gasteiger partial charge in [0.2, 0.25) is 0 Å². The second kappa shape index (κ2) is 5.06.